The molecule has 3 fully saturated rings. The van der Waals surface area contributed by atoms with Crippen LogP contribution in [0.25, 0.3) is 33.3 Å². The van der Waals surface area contributed by atoms with Crippen molar-refractivity contribution < 1.29 is 37.8 Å². The third-order valence-electron chi connectivity index (χ3n) is 15.9. The maximum atomic E-state index is 15.1. The Morgan fingerprint density at radius 2 is 1.80 bits per heavy atom. The first-order valence-corrected chi connectivity index (χ1v) is 26.3. The molecule has 6 heterocycles. The van der Waals surface area contributed by atoms with Gasteiger partial charge in [-0.05, 0) is 144 Å². The van der Waals surface area contributed by atoms with Gasteiger partial charge in [0.1, 0.15) is 24.8 Å². The van der Waals surface area contributed by atoms with Crippen molar-refractivity contribution in [3.05, 3.63) is 77.1 Å². The topological polar surface area (TPSA) is 159 Å². The molecule has 16 heteroatoms. The summed E-state index contributed by atoms with van der Waals surface area (Å²) in [5.74, 6) is 3.51. The summed E-state index contributed by atoms with van der Waals surface area (Å²) in [6.07, 6.45) is 3.84. The molecule has 6 bridgehead atoms. The molecule has 2 N–H and O–H groups in total. The number of rotatable bonds is 10. The Bertz CT molecular complexity index is 2880. The summed E-state index contributed by atoms with van der Waals surface area (Å²) in [4.78, 5) is 81.9. The van der Waals surface area contributed by atoms with Gasteiger partial charge in [0.05, 0.1) is 35.1 Å². The number of methoxy groups -OCH3 is 1. The first-order chi connectivity index (χ1) is 35.1. The van der Waals surface area contributed by atoms with E-state index in [-0.39, 0.29) is 50.0 Å². The SMILES string of the molecule is CCn1c(-c2cccnc2[C@H](C)OC)c2c3cc(ccc31)-c1cc(CF)cc(c1)C[C@H](NC(=O)C(C(C)C)N1CC[C@]3(CCN(C(=O)C#CC(C)(C)N(C)C)C3)C1=O)C(=O)N1CCC[C@H](N1)C(=O)OCC(C)(C)C2. The van der Waals surface area contributed by atoms with E-state index < -0.39 is 59.0 Å². The van der Waals surface area contributed by atoms with Crippen LogP contribution in [-0.2, 0) is 59.5 Å². The number of likely N-dealkylation sites (tertiary alicyclic amines) is 2. The van der Waals surface area contributed by atoms with Crippen molar-refractivity contribution in [2.75, 3.05) is 54.0 Å². The molecule has 74 heavy (non-hydrogen) atoms. The van der Waals surface area contributed by atoms with E-state index in [1.807, 2.05) is 77.9 Å². The molecule has 3 saturated heterocycles. The summed E-state index contributed by atoms with van der Waals surface area (Å²) in [5, 5.41) is 5.46. The number of aromatic nitrogens is 2. The van der Waals surface area contributed by atoms with Gasteiger partial charge in [-0.2, -0.15) is 0 Å². The van der Waals surface area contributed by atoms with Crippen LogP contribution >= 0.6 is 0 Å². The minimum absolute atomic E-state index is 0.0103. The normalized spacial score (nSPS) is 22.2. The zero-order valence-electron chi connectivity index (χ0n) is 45.2. The van der Waals surface area contributed by atoms with Gasteiger partial charge in [-0.1, -0.05) is 51.8 Å². The molecule has 0 aliphatic carbocycles. The molecular weight excluding hydrogens is 940 g/mol. The molecule has 15 nitrogen and oxygen atoms in total. The average Bonchev–Trinajstić information content (AvgIpc) is 4.06. The first kappa shape index (κ1) is 54.1. The van der Waals surface area contributed by atoms with Crippen LogP contribution in [0.2, 0.25) is 0 Å². The fraction of sp³-hybridized carbons (Fsp3) is 0.552. The number of benzene rings is 2. The quantitative estimate of drug-likeness (QED) is 0.125. The number of cyclic esters (lactones) is 1. The molecule has 4 amide bonds. The second-order valence-electron chi connectivity index (χ2n) is 22.7. The second-order valence-corrected chi connectivity index (χ2v) is 22.7. The maximum Gasteiger partial charge on any atom is 0.324 e. The largest absolute Gasteiger partial charge is 0.464 e. The van der Waals surface area contributed by atoms with E-state index in [2.05, 4.69) is 66.1 Å². The standard InChI is InChI=1S/C58H75FN8O7/c1-12-65-47-18-17-40-31-43(47)44(51(65)42-15-13-23-60-49(42)37(4)73-11)32-56(5,6)35-74-54(71)45-16-14-24-67(62-45)53(70)46(30-38-27-39(33-59)29-41(40)28-38)61-52(69)50(36(2)3)66-26-22-58(55(66)72)21-25-64(34-58)48(68)19-20-57(7,8)63(9)10/h13,15,17-18,23,27-29,31,36-37,45-46,50,62H,12,14,16,21-22,24-26,30,32-35H2,1-11H3,(H,61,69)/t37-,45-,46-,50?,58-/m0/s1. The predicted octanol–water partition coefficient (Wildman–Crippen LogP) is 7.03. The van der Waals surface area contributed by atoms with Crippen LogP contribution in [0.3, 0.4) is 0 Å². The van der Waals surface area contributed by atoms with Gasteiger partial charge in [0.25, 0.3) is 11.8 Å². The van der Waals surface area contributed by atoms with Crippen molar-refractivity contribution in [1.82, 2.24) is 40.0 Å². The molecule has 4 aromatic rings. The molecule has 2 aromatic carbocycles. The van der Waals surface area contributed by atoms with Crippen molar-refractivity contribution in [2.45, 2.75) is 137 Å². The van der Waals surface area contributed by atoms with Gasteiger partial charge in [-0.25, -0.2) is 9.82 Å². The number of carbonyl (C=O) groups excluding carboxylic acids is 5. The number of amides is 4. The first-order valence-electron chi connectivity index (χ1n) is 26.3. The number of nitrogens with zero attached hydrogens (tertiary/aromatic N) is 6. The van der Waals surface area contributed by atoms with E-state index in [1.165, 1.54) is 5.01 Å². The van der Waals surface area contributed by atoms with Crippen molar-refractivity contribution in [3.8, 4) is 34.2 Å². The van der Waals surface area contributed by atoms with Gasteiger partial charge >= 0.3 is 5.97 Å². The molecule has 0 radical (unpaired) electrons. The number of aryl methyl sites for hydroxylation is 1. The summed E-state index contributed by atoms with van der Waals surface area (Å²) in [7, 11) is 5.47. The predicted molar refractivity (Wildman–Crippen MR) is 283 cm³/mol. The second kappa shape index (κ2) is 21.6. The highest BCUT2D eigenvalue weighted by Crippen LogP contribution is 2.44. The van der Waals surface area contributed by atoms with Crippen molar-refractivity contribution in [1.29, 1.82) is 0 Å². The number of hydrogen-bond acceptors (Lipinski definition) is 10. The Morgan fingerprint density at radius 3 is 2.50 bits per heavy atom. The number of hydrazine groups is 1. The minimum Gasteiger partial charge on any atom is -0.464 e. The number of fused-ring (bicyclic) bond motifs is 6. The number of carbonyl (C=O) groups is 5. The summed E-state index contributed by atoms with van der Waals surface area (Å²) < 4.78 is 29.3. The third kappa shape index (κ3) is 10.8. The smallest absolute Gasteiger partial charge is 0.324 e. The van der Waals surface area contributed by atoms with Crippen LogP contribution in [0.5, 0.6) is 0 Å². The highest BCUT2D eigenvalue weighted by molar-refractivity contribution is 5.98. The Morgan fingerprint density at radius 1 is 1.04 bits per heavy atom. The zero-order valence-corrected chi connectivity index (χ0v) is 45.2. The van der Waals surface area contributed by atoms with Crippen LogP contribution in [0.1, 0.15) is 110 Å². The summed E-state index contributed by atoms with van der Waals surface area (Å²) in [6, 6.07) is 12.8. The lowest BCUT2D eigenvalue weighted by Crippen LogP contribution is -2.62. The van der Waals surface area contributed by atoms with E-state index in [9.17, 15) is 24.0 Å². The Kier molecular flexibility index (Phi) is 15.8. The summed E-state index contributed by atoms with van der Waals surface area (Å²) in [5.41, 5.74) is 8.61. The number of nitrogens with one attached hydrogen (secondary N) is 2. The maximum absolute atomic E-state index is 15.1. The van der Waals surface area contributed by atoms with E-state index >= 15 is 4.39 Å². The highest BCUT2D eigenvalue weighted by atomic mass is 19.1. The number of halogens is 1. The van der Waals surface area contributed by atoms with Crippen molar-refractivity contribution in [3.63, 3.8) is 0 Å². The molecule has 2 aromatic heterocycles. The monoisotopic (exact) mass is 1010 g/mol. The molecule has 0 saturated carbocycles. The van der Waals surface area contributed by atoms with Crippen LogP contribution in [-0.4, -0.2) is 137 Å². The van der Waals surface area contributed by atoms with Gasteiger partial charge < -0.3 is 29.2 Å². The Labute approximate surface area is 435 Å². The lowest BCUT2D eigenvalue weighted by atomic mass is 9.84. The van der Waals surface area contributed by atoms with Gasteiger partial charge in [-0.15, -0.1) is 0 Å². The Hall–Kier alpha value is -6.15. The van der Waals surface area contributed by atoms with Crippen molar-refractivity contribution >= 4 is 40.5 Å². The van der Waals surface area contributed by atoms with Gasteiger partial charge in [-0.3, -0.25) is 38.9 Å². The van der Waals surface area contributed by atoms with E-state index in [0.717, 1.165) is 44.5 Å². The van der Waals surface area contributed by atoms with Gasteiger partial charge in [0.2, 0.25) is 11.8 Å². The van der Waals surface area contributed by atoms with Gasteiger partial charge in [0.15, 0.2) is 0 Å². The van der Waals surface area contributed by atoms with Crippen molar-refractivity contribution in [2.24, 2.45) is 16.7 Å². The molecule has 396 valence electrons. The average molecular weight is 1020 g/mol. The van der Waals surface area contributed by atoms with E-state index in [0.29, 0.717) is 62.9 Å². The number of ether oxygens (including phenoxy) is 2. The van der Waals surface area contributed by atoms with Crippen LogP contribution < -0.4 is 10.7 Å². The van der Waals surface area contributed by atoms with E-state index in [4.69, 9.17) is 14.5 Å². The van der Waals surface area contributed by atoms with Crippen LogP contribution in [0, 0.1) is 28.6 Å². The molecule has 1 spiro atoms. The fourth-order valence-electron chi connectivity index (χ4n) is 11.2. The summed E-state index contributed by atoms with van der Waals surface area (Å²) >= 11 is 0. The molecule has 5 atom stereocenters. The Balaban J connectivity index is 1.17. The lowest BCUT2D eigenvalue weighted by molar-refractivity contribution is -0.155. The number of pyridine rings is 1. The zero-order chi connectivity index (χ0) is 53.4. The molecular formula is C58H75FN8O7. The number of hydrogen-bond donors (Lipinski definition) is 2. The van der Waals surface area contributed by atoms with E-state index in [1.54, 1.807) is 29.2 Å². The lowest BCUT2D eigenvalue weighted by Gasteiger charge is -2.37. The summed E-state index contributed by atoms with van der Waals surface area (Å²) in [6.45, 7) is 17.0. The third-order valence-corrected chi connectivity index (χ3v) is 15.9. The minimum atomic E-state index is -1.18. The molecule has 8 rings (SSSR count). The fourth-order valence-corrected chi connectivity index (χ4v) is 11.2. The number of esters is 1. The van der Waals surface area contributed by atoms with Gasteiger partial charge in [0, 0.05) is 74.3 Å². The molecule has 4 aliphatic rings. The highest BCUT2D eigenvalue weighted by Gasteiger charge is 2.54. The molecule has 4 aliphatic heterocycles. The van der Waals surface area contributed by atoms with Crippen LogP contribution in [0.15, 0.2) is 54.7 Å². The van der Waals surface area contributed by atoms with Crippen LogP contribution in [0.4, 0.5) is 4.39 Å². The molecule has 1 unspecified atom stereocenters. The number of alkyl halides is 1.